The van der Waals surface area contributed by atoms with Gasteiger partial charge >= 0.3 is 5.97 Å². The summed E-state index contributed by atoms with van der Waals surface area (Å²) in [5.74, 6) is -0.578. The Bertz CT molecular complexity index is 284. The summed E-state index contributed by atoms with van der Waals surface area (Å²) in [6.45, 7) is 3.10. The molecule has 1 N–H and O–H groups in total. The van der Waals surface area contributed by atoms with E-state index in [1.165, 1.54) is 38.5 Å². The number of hydrogen-bond acceptors (Lipinski definition) is 2. The first-order chi connectivity index (χ1) is 8.70. The maximum Gasteiger partial charge on any atom is 0.324 e. The normalized spacial score (nSPS) is 31.4. The molecule has 1 unspecified atom stereocenters. The molecule has 2 rings (SSSR count). The second-order valence-corrected chi connectivity index (χ2v) is 6.03. The van der Waals surface area contributed by atoms with Gasteiger partial charge in [-0.25, -0.2) is 0 Å². The number of carboxylic acid groups (broad SMARTS) is 1. The maximum absolute atomic E-state index is 11.8. The predicted molar refractivity (Wildman–Crippen MR) is 72.7 cm³/mol. The van der Waals surface area contributed by atoms with Crippen molar-refractivity contribution in [3.8, 4) is 0 Å². The van der Waals surface area contributed by atoms with Crippen LogP contribution in [0.3, 0.4) is 0 Å². The Hall–Kier alpha value is -0.570. The van der Waals surface area contributed by atoms with Gasteiger partial charge in [-0.2, -0.15) is 0 Å². The van der Waals surface area contributed by atoms with E-state index in [1.54, 1.807) is 0 Å². The summed E-state index contributed by atoms with van der Waals surface area (Å²) in [5.41, 5.74) is -0.538. The van der Waals surface area contributed by atoms with E-state index in [4.69, 9.17) is 0 Å². The predicted octanol–water partition coefficient (Wildman–Crippen LogP) is 3.43. The van der Waals surface area contributed by atoms with E-state index in [0.29, 0.717) is 6.04 Å². The minimum atomic E-state index is -0.578. The van der Waals surface area contributed by atoms with E-state index in [0.717, 1.165) is 32.2 Å². The zero-order valence-electron chi connectivity index (χ0n) is 11.7. The summed E-state index contributed by atoms with van der Waals surface area (Å²) in [7, 11) is 0. The molecule has 1 aliphatic carbocycles. The number of aliphatic carboxylic acids is 1. The van der Waals surface area contributed by atoms with E-state index in [2.05, 4.69) is 11.8 Å². The van der Waals surface area contributed by atoms with Gasteiger partial charge in [0.15, 0.2) is 0 Å². The van der Waals surface area contributed by atoms with Crippen LogP contribution in [0.5, 0.6) is 0 Å². The minimum Gasteiger partial charge on any atom is -0.480 e. The van der Waals surface area contributed by atoms with E-state index in [1.807, 2.05) is 0 Å². The molecule has 1 aliphatic heterocycles. The Morgan fingerprint density at radius 1 is 1.22 bits per heavy atom. The molecule has 1 saturated carbocycles. The summed E-state index contributed by atoms with van der Waals surface area (Å²) in [6, 6.07) is 0.526. The second-order valence-electron chi connectivity index (χ2n) is 6.03. The van der Waals surface area contributed by atoms with Crippen LogP contribution >= 0.6 is 0 Å². The van der Waals surface area contributed by atoms with Gasteiger partial charge in [0.05, 0.1) is 0 Å². The van der Waals surface area contributed by atoms with Crippen LogP contribution in [0.2, 0.25) is 0 Å². The van der Waals surface area contributed by atoms with Crippen molar-refractivity contribution in [1.82, 2.24) is 4.90 Å². The Labute approximate surface area is 111 Å². The molecule has 104 valence electrons. The lowest BCUT2D eigenvalue weighted by Crippen LogP contribution is -2.54. The molecule has 0 aromatic heterocycles. The number of rotatable bonds is 4. The maximum atomic E-state index is 11.8. The first-order valence-corrected chi connectivity index (χ1v) is 7.71. The number of likely N-dealkylation sites (tertiary alicyclic amines) is 1. The third kappa shape index (κ3) is 2.56. The third-order valence-corrected chi connectivity index (χ3v) is 4.87. The summed E-state index contributed by atoms with van der Waals surface area (Å²) >= 11 is 0. The first-order valence-electron chi connectivity index (χ1n) is 7.71. The molecule has 0 spiro atoms. The van der Waals surface area contributed by atoms with E-state index in [9.17, 15) is 9.90 Å². The molecule has 18 heavy (non-hydrogen) atoms. The summed E-state index contributed by atoms with van der Waals surface area (Å²) < 4.78 is 0. The van der Waals surface area contributed by atoms with Crippen molar-refractivity contribution < 1.29 is 9.90 Å². The molecular formula is C15H27NO2. The molecule has 1 heterocycles. The smallest absolute Gasteiger partial charge is 0.324 e. The van der Waals surface area contributed by atoms with Crippen molar-refractivity contribution in [2.75, 3.05) is 6.54 Å². The molecule has 0 radical (unpaired) electrons. The number of carboxylic acids is 1. The number of nitrogens with zero attached hydrogens (tertiary/aromatic N) is 1. The SMILES string of the molecule is CCCC1(C(=O)O)CCCN1C1CCCCCC1. The zero-order valence-corrected chi connectivity index (χ0v) is 11.7. The van der Waals surface area contributed by atoms with Crippen LogP contribution in [-0.2, 0) is 4.79 Å². The first kappa shape index (κ1) is 13.9. The fraction of sp³-hybridized carbons (Fsp3) is 0.933. The zero-order chi connectivity index (χ0) is 13.0. The topological polar surface area (TPSA) is 40.5 Å². The molecule has 1 saturated heterocycles. The van der Waals surface area contributed by atoms with E-state index >= 15 is 0 Å². The van der Waals surface area contributed by atoms with Gasteiger partial charge in [0.1, 0.15) is 5.54 Å². The second kappa shape index (κ2) is 6.05. The van der Waals surface area contributed by atoms with Crippen LogP contribution in [0.15, 0.2) is 0 Å². The highest BCUT2D eigenvalue weighted by molar-refractivity contribution is 5.79. The average Bonchev–Trinajstić information content (AvgIpc) is 2.60. The average molecular weight is 253 g/mol. The van der Waals surface area contributed by atoms with Gasteiger partial charge in [-0.1, -0.05) is 39.0 Å². The molecule has 3 nitrogen and oxygen atoms in total. The number of carbonyl (C=O) groups is 1. The fourth-order valence-corrected chi connectivity index (χ4v) is 4.02. The lowest BCUT2D eigenvalue weighted by molar-refractivity contribution is -0.152. The highest BCUT2D eigenvalue weighted by atomic mass is 16.4. The quantitative estimate of drug-likeness (QED) is 0.780. The van der Waals surface area contributed by atoms with E-state index in [-0.39, 0.29) is 0 Å². The van der Waals surface area contributed by atoms with Gasteiger partial charge in [0, 0.05) is 6.04 Å². The lowest BCUT2D eigenvalue weighted by Gasteiger charge is -2.40. The lowest BCUT2D eigenvalue weighted by atomic mass is 9.88. The highest BCUT2D eigenvalue weighted by Crippen LogP contribution is 2.38. The Balaban J connectivity index is 2.15. The molecule has 2 aliphatic rings. The molecule has 1 atom stereocenters. The van der Waals surface area contributed by atoms with Crippen molar-refractivity contribution in [1.29, 1.82) is 0 Å². The number of hydrogen-bond donors (Lipinski definition) is 1. The Kier molecular flexibility index (Phi) is 4.66. The third-order valence-electron chi connectivity index (χ3n) is 4.87. The van der Waals surface area contributed by atoms with Crippen LogP contribution < -0.4 is 0 Å². The Morgan fingerprint density at radius 3 is 2.44 bits per heavy atom. The van der Waals surface area contributed by atoms with Crippen molar-refractivity contribution in [2.45, 2.75) is 82.7 Å². The van der Waals surface area contributed by atoms with Gasteiger partial charge in [-0.15, -0.1) is 0 Å². The van der Waals surface area contributed by atoms with Crippen molar-refractivity contribution in [2.24, 2.45) is 0 Å². The molecule has 0 aromatic carbocycles. The van der Waals surface area contributed by atoms with Gasteiger partial charge < -0.3 is 5.11 Å². The standard InChI is InChI=1S/C15H27NO2/c1-2-10-15(14(17)18)11-7-12-16(15)13-8-5-3-4-6-9-13/h13H,2-12H2,1H3,(H,17,18). The molecule has 0 aromatic rings. The van der Waals surface area contributed by atoms with Crippen molar-refractivity contribution >= 4 is 5.97 Å². The Morgan fingerprint density at radius 2 is 1.89 bits per heavy atom. The molecule has 3 heteroatoms. The van der Waals surface area contributed by atoms with Gasteiger partial charge in [-0.05, 0) is 38.6 Å². The molecule has 2 fully saturated rings. The molecular weight excluding hydrogens is 226 g/mol. The van der Waals surface area contributed by atoms with Crippen LogP contribution in [-0.4, -0.2) is 34.1 Å². The summed E-state index contributed by atoms with van der Waals surface area (Å²) in [5, 5.41) is 9.72. The summed E-state index contributed by atoms with van der Waals surface area (Å²) in [4.78, 5) is 14.2. The van der Waals surface area contributed by atoms with Crippen LogP contribution in [0.1, 0.15) is 71.1 Å². The fourth-order valence-electron chi connectivity index (χ4n) is 4.02. The van der Waals surface area contributed by atoms with Crippen LogP contribution in [0, 0.1) is 0 Å². The van der Waals surface area contributed by atoms with Crippen LogP contribution in [0.25, 0.3) is 0 Å². The molecule has 0 amide bonds. The highest BCUT2D eigenvalue weighted by Gasteiger charge is 2.49. The van der Waals surface area contributed by atoms with E-state index < -0.39 is 11.5 Å². The molecule has 0 bridgehead atoms. The van der Waals surface area contributed by atoms with Gasteiger partial charge in [-0.3, -0.25) is 9.69 Å². The minimum absolute atomic E-state index is 0.526. The monoisotopic (exact) mass is 253 g/mol. The van der Waals surface area contributed by atoms with Gasteiger partial charge in [0.2, 0.25) is 0 Å². The largest absolute Gasteiger partial charge is 0.480 e. The van der Waals surface area contributed by atoms with Crippen molar-refractivity contribution in [3.05, 3.63) is 0 Å². The van der Waals surface area contributed by atoms with Crippen LogP contribution in [0.4, 0.5) is 0 Å². The van der Waals surface area contributed by atoms with Crippen molar-refractivity contribution in [3.63, 3.8) is 0 Å². The van der Waals surface area contributed by atoms with Gasteiger partial charge in [0.25, 0.3) is 0 Å². The summed E-state index contributed by atoms with van der Waals surface area (Å²) in [6.07, 6.45) is 11.3.